The van der Waals surface area contributed by atoms with E-state index in [2.05, 4.69) is 25.0 Å². The van der Waals surface area contributed by atoms with E-state index >= 15 is 0 Å². The van der Waals surface area contributed by atoms with Crippen molar-refractivity contribution in [1.82, 2.24) is 4.90 Å². The van der Waals surface area contributed by atoms with Crippen LogP contribution in [-0.2, 0) is 0 Å². The van der Waals surface area contributed by atoms with Crippen LogP contribution in [0.2, 0.25) is 0 Å². The van der Waals surface area contributed by atoms with Crippen LogP contribution in [-0.4, -0.2) is 24.5 Å². The van der Waals surface area contributed by atoms with Crippen molar-refractivity contribution < 1.29 is 0 Å². The van der Waals surface area contributed by atoms with Gasteiger partial charge in [-0.2, -0.15) is 0 Å². The maximum absolute atomic E-state index is 3.69. The normalized spacial score (nSPS) is 9.80. The van der Waals surface area contributed by atoms with Gasteiger partial charge in [-0.05, 0) is 13.0 Å². The summed E-state index contributed by atoms with van der Waals surface area (Å²) >= 11 is 0. The molecule has 0 aromatic rings. The molecular weight excluding hydrogens is 122 g/mol. The molecule has 10 heavy (non-hydrogen) atoms. The van der Waals surface area contributed by atoms with Gasteiger partial charge in [0.2, 0.25) is 0 Å². The van der Waals surface area contributed by atoms with E-state index in [-0.39, 0.29) is 0 Å². The predicted octanol–water partition coefficient (Wildman–Crippen LogP) is 2.07. The van der Waals surface area contributed by atoms with Crippen molar-refractivity contribution in [2.75, 3.05) is 19.6 Å². The molecule has 0 saturated carbocycles. The zero-order chi connectivity index (χ0) is 7.82. The van der Waals surface area contributed by atoms with Gasteiger partial charge in [-0.1, -0.05) is 19.1 Å². The zero-order valence-corrected chi connectivity index (χ0v) is 6.84. The summed E-state index contributed by atoms with van der Waals surface area (Å²) in [6, 6.07) is 0. The summed E-state index contributed by atoms with van der Waals surface area (Å²) in [7, 11) is 0. The molecule has 0 saturated heterocycles. The minimum absolute atomic E-state index is 0.972. The van der Waals surface area contributed by atoms with Crippen molar-refractivity contribution in [2.45, 2.75) is 13.3 Å². The van der Waals surface area contributed by atoms with E-state index < -0.39 is 0 Å². The van der Waals surface area contributed by atoms with Crippen LogP contribution in [0.5, 0.6) is 0 Å². The van der Waals surface area contributed by atoms with Crippen LogP contribution >= 0.6 is 0 Å². The van der Waals surface area contributed by atoms with Crippen molar-refractivity contribution in [3.05, 3.63) is 25.3 Å². The van der Waals surface area contributed by atoms with Crippen molar-refractivity contribution in [1.29, 1.82) is 0 Å². The van der Waals surface area contributed by atoms with Crippen LogP contribution in [0.4, 0.5) is 0 Å². The van der Waals surface area contributed by atoms with Gasteiger partial charge in [-0.25, -0.2) is 0 Å². The third kappa shape index (κ3) is 4.33. The standard InChI is InChI=1S/C9H17N/c1-4-7-10(8-5-2)9-6-3/h4-5H,1-2,6-9H2,3H3. The molecule has 1 nitrogen and oxygen atoms in total. The molecule has 0 N–H and O–H groups in total. The van der Waals surface area contributed by atoms with Gasteiger partial charge >= 0.3 is 0 Å². The summed E-state index contributed by atoms with van der Waals surface area (Å²) in [5.74, 6) is 0. The predicted molar refractivity (Wildman–Crippen MR) is 47.1 cm³/mol. The van der Waals surface area contributed by atoms with E-state index in [9.17, 15) is 0 Å². The minimum atomic E-state index is 0.972. The smallest absolute Gasteiger partial charge is 0.0163 e. The van der Waals surface area contributed by atoms with Crippen molar-refractivity contribution in [2.24, 2.45) is 0 Å². The largest absolute Gasteiger partial charge is 0.296 e. The quantitative estimate of drug-likeness (QED) is 0.509. The highest BCUT2D eigenvalue weighted by molar-refractivity contribution is 4.79. The van der Waals surface area contributed by atoms with Gasteiger partial charge in [-0.3, -0.25) is 4.90 Å². The second kappa shape index (κ2) is 6.56. The molecule has 0 unspecified atom stereocenters. The van der Waals surface area contributed by atoms with Crippen LogP contribution in [0.15, 0.2) is 25.3 Å². The first-order valence-electron chi connectivity index (χ1n) is 3.79. The van der Waals surface area contributed by atoms with Crippen LogP contribution in [0.3, 0.4) is 0 Å². The van der Waals surface area contributed by atoms with Gasteiger partial charge < -0.3 is 0 Å². The summed E-state index contributed by atoms with van der Waals surface area (Å²) in [6.45, 7) is 12.6. The summed E-state index contributed by atoms with van der Waals surface area (Å²) in [6.07, 6.45) is 5.06. The van der Waals surface area contributed by atoms with Gasteiger partial charge in [0.05, 0.1) is 0 Å². The Kier molecular flexibility index (Phi) is 6.19. The van der Waals surface area contributed by atoms with Gasteiger partial charge in [0.1, 0.15) is 0 Å². The Balaban J connectivity index is 3.48. The molecule has 0 rings (SSSR count). The Morgan fingerprint density at radius 1 is 1.20 bits per heavy atom. The molecule has 0 radical (unpaired) electrons. The third-order valence-electron chi connectivity index (χ3n) is 1.31. The van der Waals surface area contributed by atoms with Gasteiger partial charge in [0.15, 0.2) is 0 Å². The average Bonchev–Trinajstić information content (AvgIpc) is 1.90. The summed E-state index contributed by atoms with van der Waals surface area (Å²) < 4.78 is 0. The van der Waals surface area contributed by atoms with E-state index in [0.29, 0.717) is 0 Å². The first-order valence-corrected chi connectivity index (χ1v) is 3.79. The lowest BCUT2D eigenvalue weighted by Crippen LogP contribution is -2.24. The summed E-state index contributed by atoms with van der Waals surface area (Å²) in [4.78, 5) is 2.31. The SMILES string of the molecule is C=CCN(CC=C)CCC. The minimum Gasteiger partial charge on any atom is -0.296 e. The Labute approximate surface area is 64.0 Å². The summed E-state index contributed by atoms with van der Waals surface area (Å²) in [5.41, 5.74) is 0. The van der Waals surface area contributed by atoms with E-state index in [0.717, 1.165) is 19.6 Å². The van der Waals surface area contributed by atoms with E-state index in [4.69, 9.17) is 0 Å². The zero-order valence-electron chi connectivity index (χ0n) is 6.84. The lowest BCUT2D eigenvalue weighted by molar-refractivity contribution is 0.336. The molecule has 0 amide bonds. The van der Waals surface area contributed by atoms with Crippen LogP contribution in [0, 0.1) is 0 Å². The molecule has 0 aliphatic heterocycles. The third-order valence-corrected chi connectivity index (χ3v) is 1.31. The number of hydrogen-bond acceptors (Lipinski definition) is 1. The number of hydrogen-bond donors (Lipinski definition) is 0. The Hall–Kier alpha value is -0.560. The van der Waals surface area contributed by atoms with E-state index in [1.165, 1.54) is 6.42 Å². The Bertz CT molecular complexity index is 86.9. The second-order valence-electron chi connectivity index (χ2n) is 2.34. The van der Waals surface area contributed by atoms with Crippen LogP contribution in [0.25, 0.3) is 0 Å². The average molecular weight is 139 g/mol. The fourth-order valence-electron chi connectivity index (χ4n) is 0.938. The molecule has 0 aliphatic rings. The van der Waals surface area contributed by atoms with Crippen molar-refractivity contribution >= 4 is 0 Å². The topological polar surface area (TPSA) is 3.24 Å². The molecule has 1 heteroatoms. The highest BCUT2D eigenvalue weighted by Gasteiger charge is 1.95. The monoisotopic (exact) mass is 139 g/mol. The molecule has 0 aromatic carbocycles. The highest BCUT2D eigenvalue weighted by Crippen LogP contribution is 1.90. The molecule has 0 aliphatic carbocycles. The Morgan fingerprint density at radius 3 is 2.00 bits per heavy atom. The highest BCUT2D eigenvalue weighted by atomic mass is 15.1. The van der Waals surface area contributed by atoms with Crippen LogP contribution < -0.4 is 0 Å². The van der Waals surface area contributed by atoms with Crippen LogP contribution in [0.1, 0.15) is 13.3 Å². The second-order valence-corrected chi connectivity index (χ2v) is 2.34. The maximum atomic E-state index is 3.69. The van der Waals surface area contributed by atoms with E-state index in [1.54, 1.807) is 0 Å². The number of rotatable bonds is 6. The molecule has 0 atom stereocenters. The lowest BCUT2D eigenvalue weighted by atomic mass is 10.4. The molecule has 0 spiro atoms. The van der Waals surface area contributed by atoms with Crippen molar-refractivity contribution in [3.63, 3.8) is 0 Å². The van der Waals surface area contributed by atoms with Gasteiger partial charge in [0, 0.05) is 13.1 Å². The fraction of sp³-hybridized carbons (Fsp3) is 0.556. The summed E-state index contributed by atoms with van der Waals surface area (Å²) in [5, 5.41) is 0. The first kappa shape index (κ1) is 9.44. The number of nitrogens with zero attached hydrogens (tertiary/aromatic N) is 1. The van der Waals surface area contributed by atoms with Crippen molar-refractivity contribution in [3.8, 4) is 0 Å². The van der Waals surface area contributed by atoms with Gasteiger partial charge in [0.25, 0.3) is 0 Å². The fourth-order valence-corrected chi connectivity index (χ4v) is 0.938. The lowest BCUT2D eigenvalue weighted by Gasteiger charge is -2.16. The molecule has 0 aromatic heterocycles. The molecular formula is C9H17N. The molecule has 58 valence electrons. The Morgan fingerprint density at radius 2 is 1.70 bits per heavy atom. The van der Waals surface area contributed by atoms with E-state index in [1.807, 2.05) is 12.2 Å². The molecule has 0 heterocycles. The van der Waals surface area contributed by atoms with Gasteiger partial charge in [-0.15, -0.1) is 13.2 Å². The maximum Gasteiger partial charge on any atom is 0.0163 e. The molecule has 0 bridgehead atoms. The molecule has 0 fully saturated rings. The first-order chi connectivity index (χ1) is 4.85.